The first-order valence-electron chi connectivity index (χ1n) is 7.13. The maximum atomic E-state index is 11.9. The summed E-state index contributed by atoms with van der Waals surface area (Å²) in [6, 6.07) is 6.95. The number of benzene rings is 1. The highest BCUT2D eigenvalue weighted by Crippen LogP contribution is 2.44. The van der Waals surface area contributed by atoms with Crippen LogP contribution in [0.2, 0.25) is 0 Å². The van der Waals surface area contributed by atoms with Crippen LogP contribution in [0, 0.1) is 5.92 Å². The number of hydrogen-bond acceptors (Lipinski definition) is 6. The smallest absolute Gasteiger partial charge is 0.251 e. The van der Waals surface area contributed by atoms with Crippen molar-refractivity contribution < 1.29 is 19.0 Å². The average molecular weight is 329 g/mol. The van der Waals surface area contributed by atoms with E-state index >= 15 is 0 Å². The number of hydrogen-bond donors (Lipinski definition) is 5. The zero-order valence-electron chi connectivity index (χ0n) is 12.7. The fourth-order valence-electron chi connectivity index (χ4n) is 2.11. The van der Waals surface area contributed by atoms with Crippen molar-refractivity contribution >= 4 is 16.9 Å². The van der Waals surface area contributed by atoms with Gasteiger partial charge in [0.25, 0.3) is 5.91 Å². The largest absolute Gasteiger partial charge is 0.376 e. The summed E-state index contributed by atoms with van der Waals surface area (Å²) < 4.78 is 23.3. The molecule has 0 spiro atoms. The van der Waals surface area contributed by atoms with E-state index < -0.39 is 17.2 Å². The Balaban J connectivity index is 1.96. The van der Waals surface area contributed by atoms with Crippen molar-refractivity contribution in [3.63, 3.8) is 0 Å². The standard InChI is InChI=1S/C14H23N3O4S/c1-10(2)7-15-14(19)12-5-3-11(4-6-12)8-17-9-13(18)16-22(17,20)21/h3-6,10,13,16,18,20-21H,7-9H2,1-2H3,(H,15,19). The predicted octanol–water partition coefficient (Wildman–Crippen LogP) is 1.38. The quantitative estimate of drug-likeness (QED) is 0.559. The SMILES string of the molecule is CC(C)CNC(=O)c1ccc(CN2CC(O)NS2(O)O)cc1. The molecule has 22 heavy (non-hydrogen) atoms. The van der Waals surface area contributed by atoms with Crippen LogP contribution >= 0.6 is 11.0 Å². The van der Waals surface area contributed by atoms with Gasteiger partial charge in [-0.25, -0.2) is 0 Å². The molecule has 8 heteroatoms. The molecule has 0 aliphatic carbocycles. The molecule has 1 fully saturated rings. The molecule has 0 saturated carbocycles. The van der Waals surface area contributed by atoms with Gasteiger partial charge >= 0.3 is 0 Å². The second-order valence-corrected chi connectivity index (χ2v) is 7.57. The molecule has 2 rings (SSSR count). The second kappa shape index (κ2) is 6.95. The topological polar surface area (TPSA) is 105 Å². The van der Waals surface area contributed by atoms with Crippen molar-refractivity contribution in [3.8, 4) is 0 Å². The molecule has 0 aromatic heterocycles. The zero-order chi connectivity index (χ0) is 16.3. The van der Waals surface area contributed by atoms with Crippen LogP contribution in [0.3, 0.4) is 0 Å². The maximum Gasteiger partial charge on any atom is 0.251 e. The van der Waals surface area contributed by atoms with Gasteiger partial charge in [0, 0.05) is 18.7 Å². The Bertz CT molecular complexity index is 521. The van der Waals surface area contributed by atoms with Gasteiger partial charge < -0.3 is 10.4 Å². The van der Waals surface area contributed by atoms with Crippen LogP contribution in [0.15, 0.2) is 24.3 Å². The number of amides is 1. The summed E-state index contributed by atoms with van der Waals surface area (Å²) in [5.41, 5.74) is 1.40. The predicted molar refractivity (Wildman–Crippen MR) is 86.0 cm³/mol. The van der Waals surface area contributed by atoms with Gasteiger partial charge in [0.15, 0.2) is 0 Å². The maximum absolute atomic E-state index is 11.9. The molecule has 124 valence electrons. The first-order chi connectivity index (χ1) is 10.3. The van der Waals surface area contributed by atoms with Gasteiger partial charge in [-0.3, -0.25) is 13.9 Å². The van der Waals surface area contributed by atoms with Crippen LogP contribution in [0.5, 0.6) is 0 Å². The fourth-order valence-corrected chi connectivity index (χ4v) is 3.38. The molecule has 1 aliphatic heterocycles. The minimum atomic E-state index is -3.13. The van der Waals surface area contributed by atoms with Crippen LogP contribution in [0.1, 0.15) is 29.8 Å². The minimum absolute atomic E-state index is 0.122. The average Bonchev–Trinajstić information content (AvgIpc) is 2.69. The first-order valence-corrected chi connectivity index (χ1v) is 8.64. The summed E-state index contributed by atoms with van der Waals surface area (Å²) in [7, 11) is -3.13. The highest BCUT2D eigenvalue weighted by molar-refractivity contribution is 8.20. The Hall–Kier alpha value is -1.16. The third-order valence-electron chi connectivity index (χ3n) is 3.28. The summed E-state index contributed by atoms with van der Waals surface area (Å²) in [6.45, 7) is 5.10. The van der Waals surface area contributed by atoms with E-state index in [4.69, 9.17) is 0 Å². The van der Waals surface area contributed by atoms with Crippen molar-refractivity contribution in [2.45, 2.75) is 26.6 Å². The number of aliphatic hydroxyl groups excluding tert-OH is 1. The lowest BCUT2D eigenvalue weighted by atomic mass is 10.1. The van der Waals surface area contributed by atoms with Gasteiger partial charge in [-0.05, 0) is 23.6 Å². The number of β-amino-alcohol motifs (C(OH)–C–C–N with tert-alkyl or cyclic N) is 1. The lowest BCUT2D eigenvalue weighted by molar-refractivity contribution is 0.0949. The van der Waals surface area contributed by atoms with Gasteiger partial charge in [-0.15, -0.1) is 0 Å². The molecule has 1 atom stereocenters. The first kappa shape index (κ1) is 17.2. The van der Waals surface area contributed by atoms with Crippen LogP contribution in [-0.4, -0.2) is 43.7 Å². The molecule has 1 amide bonds. The molecule has 1 aromatic carbocycles. The highest BCUT2D eigenvalue weighted by Gasteiger charge is 2.34. The van der Waals surface area contributed by atoms with E-state index in [0.29, 0.717) is 18.0 Å². The van der Waals surface area contributed by atoms with E-state index in [-0.39, 0.29) is 19.0 Å². The van der Waals surface area contributed by atoms with Crippen molar-refractivity contribution in [1.82, 2.24) is 14.3 Å². The van der Waals surface area contributed by atoms with Crippen molar-refractivity contribution in [2.24, 2.45) is 5.92 Å². The summed E-state index contributed by atoms with van der Waals surface area (Å²) in [5.74, 6) is 0.269. The normalized spacial score (nSPS) is 22.7. The molecule has 1 saturated heterocycles. The molecule has 0 radical (unpaired) electrons. The molecule has 5 N–H and O–H groups in total. The molecular formula is C14H23N3O4S. The van der Waals surface area contributed by atoms with Crippen molar-refractivity contribution in [3.05, 3.63) is 35.4 Å². The molecular weight excluding hydrogens is 306 g/mol. The summed E-state index contributed by atoms with van der Waals surface area (Å²) in [5, 5.41) is 12.3. The zero-order valence-corrected chi connectivity index (χ0v) is 13.5. The third kappa shape index (κ3) is 4.42. The molecule has 1 heterocycles. The van der Waals surface area contributed by atoms with Crippen LogP contribution in [0.25, 0.3) is 0 Å². The lowest BCUT2D eigenvalue weighted by Gasteiger charge is -2.35. The Morgan fingerprint density at radius 3 is 2.55 bits per heavy atom. The fraction of sp³-hybridized carbons (Fsp3) is 0.500. The number of nitrogens with one attached hydrogen (secondary N) is 2. The number of carbonyl (C=O) groups excluding carboxylic acids is 1. The van der Waals surface area contributed by atoms with Gasteiger partial charge in [0.1, 0.15) is 6.23 Å². The van der Waals surface area contributed by atoms with E-state index in [2.05, 4.69) is 10.0 Å². The van der Waals surface area contributed by atoms with Gasteiger partial charge in [0.05, 0.1) is 6.54 Å². The summed E-state index contributed by atoms with van der Waals surface area (Å²) in [4.78, 5) is 11.9. The van der Waals surface area contributed by atoms with Gasteiger partial charge in [-0.1, -0.05) is 36.9 Å². The molecule has 7 nitrogen and oxygen atoms in total. The van der Waals surface area contributed by atoms with E-state index in [1.54, 1.807) is 24.3 Å². The molecule has 1 aliphatic rings. The third-order valence-corrected chi connectivity index (χ3v) is 4.86. The van der Waals surface area contributed by atoms with Crippen molar-refractivity contribution in [2.75, 3.05) is 13.1 Å². The van der Waals surface area contributed by atoms with Crippen LogP contribution in [-0.2, 0) is 6.54 Å². The molecule has 1 unspecified atom stereocenters. The molecule has 0 bridgehead atoms. The number of nitrogens with zero attached hydrogens (tertiary/aromatic N) is 1. The Labute approximate surface area is 131 Å². The Kier molecular flexibility index (Phi) is 5.43. The number of rotatable bonds is 5. The van der Waals surface area contributed by atoms with E-state index in [1.165, 1.54) is 4.31 Å². The molecule has 1 aromatic rings. The van der Waals surface area contributed by atoms with Crippen molar-refractivity contribution in [1.29, 1.82) is 0 Å². The van der Waals surface area contributed by atoms with E-state index in [0.717, 1.165) is 5.56 Å². The minimum Gasteiger partial charge on any atom is -0.376 e. The van der Waals surface area contributed by atoms with Gasteiger partial charge in [0.2, 0.25) is 0 Å². The summed E-state index contributed by atoms with van der Waals surface area (Å²) >= 11 is 0. The van der Waals surface area contributed by atoms with E-state index in [1.807, 2.05) is 13.8 Å². The van der Waals surface area contributed by atoms with Crippen LogP contribution in [0.4, 0.5) is 0 Å². The van der Waals surface area contributed by atoms with E-state index in [9.17, 15) is 19.0 Å². The van der Waals surface area contributed by atoms with Gasteiger partial charge in [-0.2, -0.15) is 9.03 Å². The number of aliphatic hydroxyl groups is 1. The lowest BCUT2D eigenvalue weighted by Crippen LogP contribution is -2.27. The number of carbonyl (C=O) groups is 1. The van der Waals surface area contributed by atoms with Crippen LogP contribution < -0.4 is 10.0 Å². The Morgan fingerprint density at radius 1 is 1.41 bits per heavy atom. The second-order valence-electron chi connectivity index (χ2n) is 5.78. The monoisotopic (exact) mass is 329 g/mol. The highest BCUT2D eigenvalue weighted by atomic mass is 32.3. The Morgan fingerprint density at radius 2 is 2.05 bits per heavy atom. The summed E-state index contributed by atoms with van der Waals surface area (Å²) in [6.07, 6.45) is -0.953.